The lowest BCUT2D eigenvalue weighted by atomic mass is 10.0. The molecule has 1 atom stereocenters. The van der Waals surface area contributed by atoms with Gasteiger partial charge in [0.1, 0.15) is 0 Å². The Kier molecular flexibility index (Phi) is 3.51. The van der Waals surface area contributed by atoms with Crippen molar-refractivity contribution in [3.05, 3.63) is 36.0 Å². The largest absolute Gasteiger partial charge is 0.361 e. The summed E-state index contributed by atoms with van der Waals surface area (Å²) in [6, 6.07) is 8.13. The molecule has 19 heavy (non-hydrogen) atoms. The van der Waals surface area contributed by atoms with Gasteiger partial charge in [0.25, 0.3) is 5.91 Å². The van der Waals surface area contributed by atoms with Gasteiger partial charge in [-0.15, -0.1) is 0 Å². The number of hydrogen-bond donors (Lipinski definition) is 3. The van der Waals surface area contributed by atoms with Gasteiger partial charge in [-0.3, -0.25) is 4.79 Å². The number of amides is 1. The SMILES string of the molecule is O=C(NCC1CCCCN1)c1cccc2[nH]ccc12. The summed E-state index contributed by atoms with van der Waals surface area (Å²) in [4.78, 5) is 15.4. The highest BCUT2D eigenvalue weighted by atomic mass is 16.1. The van der Waals surface area contributed by atoms with Crippen LogP contribution in [-0.2, 0) is 0 Å². The number of aromatic amines is 1. The zero-order chi connectivity index (χ0) is 13.1. The van der Waals surface area contributed by atoms with E-state index in [1.807, 2.05) is 30.5 Å². The molecule has 1 aromatic carbocycles. The Bertz CT molecular complexity index is 570. The van der Waals surface area contributed by atoms with E-state index in [-0.39, 0.29) is 5.91 Å². The van der Waals surface area contributed by atoms with E-state index in [2.05, 4.69) is 15.6 Å². The average Bonchev–Trinajstić information content (AvgIpc) is 2.94. The maximum atomic E-state index is 12.2. The fourth-order valence-electron chi connectivity index (χ4n) is 2.69. The van der Waals surface area contributed by atoms with Crippen LogP contribution in [-0.4, -0.2) is 30.0 Å². The first-order valence-corrected chi connectivity index (χ1v) is 6.92. The lowest BCUT2D eigenvalue weighted by molar-refractivity contribution is 0.0949. The molecule has 0 bridgehead atoms. The van der Waals surface area contributed by atoms with Gasteiger partial charge in [-0.1, -0.05) is 12.5 Å². The minimum Gasteiger partial charge on any atom is -0.361 e. The molecule has 1 amide bonds. The monoisotopic (exact) mass is 257 g/mol. The lowest BCUT2D eigenvalue weighted by Crippen LogP contribution is -2.43. The second kappa shape index (κ2) is 5.45. The van der Waals surface area contributed by atoms with Crippen LogP contribution in [0, 0.1) is 0 Å². The number of rotatable bonds is 3. The molecule has 4 nitrogen and oxygen atoms in total. The summed E-state index contributed by atoms with van der Waals surface area (Å²) in [5.74, 6) is 0.0116. The van der Waals surface area contributed by atoms with Crippen molar-refractivity contribution in [3.8, 4) is 0 Å². The number of H-pyrrole nitrogens is 1. The standard InChI is InChI=1S/C15H19N3O/c19-15(18-10-11-4-1-2-8-16-11)13-5-3-6-14-12(13)7-9-17-14/h3,5-7,9,11,16-17H,1-2,4,8,10H2,(H,18,19). The zero-order valence-electron chi connectivity index (χ0n) is 10.9. The van der Waals surface area contributed by atoms with Crippen LogP contribution in [0.15, 0.2) is 30.5 Å². The maximum absolute atomic E-state index is 12.2. The summed E-state index contributed by atoms with van der Waals surface area (Å²) in [7, 11) is 0. The fourth-order valence-corrected chi connectivity index (χ4v) is 2.69. The summed E-state index contributed by atoms with van der Waals surface area (Å²) in [6.45, 7) is 1.77. The van der Waals surface area contributed by atoms with Crippen LogP contribution < -0.4 is 10.6 Å². The Morgan fingerprint density at radius 2 is 2.26 bits per heavy atom. The predicted molar refractivity (Wildman–Crippen MR) is 76.3 cm³/mol. The minimum atomic E-state index is 0.0116. The highest BCUT2D eigenvalue weighted by Crippen LogP contribution is 2.17. The van der Waals surface area contributed by atoms with Crippen LogP contribution in [0.1, 0.15) is 29.6 Å². The molecule has 1 aromatic heterocycles. The van der Waals surface area contributed by atoms with Crippen LogP contribution in [0.2, 0.25) is 0 Å². The van der Waals surface area contributed by atoms with E-state index in [0.29, 0.717) is 12.6 Å². The highest BCUT2D eigenvalue weighted by molar-refractivity contribution is 6.06. The molecule has 0 aliphatic carbocycles. The number of nitrogens with one attached hydrogen (secondary N) is 3. The summed E-state index contributed by atoms with van der Waals surface area (Å²) in [6.07, 6.45) is 5.51. The van der Waals surface area contributed by atoms with Crippen LogP contribution in [0.25, 0.3) is 10.9 Å². The second-order valence-electron chi connectivity index (χ2n) is 5.10. The van der Waals surface area contributed by atoms with Crippen molar-refractivity contribution in [1.29, 1.82) is 0 Å². The zero-order valence-corrected chi connectivity index (χ0v) is 10.9. The maximum Gasteiger partial charge on any atom is 0.252 e. The molecular weight excluding hydrogens is 238 g/mol. The van der Waals surface area contributed by atoms with Crippen molar-refractivity contribution >= 4 is 16.8 Å². The third-order valence-electron chi connectivity index (χ3n) is 3.76. The molecule has 1 saturated heterocycles. The van der Waals surface area contributed by atoms with E-state index in [4.69, 9.17) is 0 Å². The van der Waals surface area contributed by atoms with E-state index in [1.165, 1.54) is 12.8 Å². The molecule has 2 aromatic rings. The Morgan fingerprint density at radius 3 is 3.11 bits per heavy atom. The number of carbonyl (C=O) groups excluding carboxylic acids is 1. The molecular formula is C15H19N3O. The van der Waals surface area contributed by atoms with Gasteiger partial charge in [0, 0.05) is 35.2 Å². The normalized spacial score (nSPS) is 19.5. The molecule has 3 N–H and O–H groups in total. The quantitative estimate of drug-likeness (QED) is 0.788. The van der Waals surface area contributed by atoms with Gasteiger partial charge in [0.15, 0.2) is 0 Å². The molecule has 0 radical (unpaired) electrons. The molecule has 0 saturated carbocycles. The molecule has 1 aliphatic rings. The first-order valence-electron chi connectivity index (χ1n) is 6.92. The molecule has 4 heteroatoms. The Balaban J connectivity index is 1.68. The second-order valence-corrected chi connectivity index (χ2v) is 5.10. The number of carbonyl (C=O) groups is 1. The molecule has 1 aliphatic heterocycles. The molecule has 3 rings (SSSR count). The number of aromatic nitrogens is 1. The van der Waals surface area contributed by atoms with Crippen molar-refractivity contribution in [2.24, 2.45) is 0 Å². The fraction of sp³-hybridized carbons (Fsp3) is 0.400. The van der Waals surface area contributed by atoms with Gasteiger partial charge in [0.05, 0.1) is 0 Å². The Morgan fingerprint density at radius 1 is 1.32 bits per heavy atom. The van der Waals surface area contributed by atoms with Crippen LogP contribution in [0.4, 0.5) is 0 Å². The smallest absolute Gasteiger partial charge is 0.252 e. The molecule has 1 fully saturated rings. The van der Waals surface area contributed by atoms with Crippen LogP contribution in [0.5, 0.6) is 0 Å². The van der Waals surface area contributed by atoms with Gasteiger partial charge in [-0.25, -0.2) is 0 Å². The molecule has 1 unspecified atom stereocenters. The van der Waals surface area contributed by atoms with E-state index >= 15 is 0 Å². The summed E-state index contributed by atoms with van der Waals surface area (Å²) < 4.78 is 0. The number of fused-ring (bicyclic) bond motifs is 1. The van der Waals surface area contributed by atoms with Crippen molar-refractivity contribution in [2.75, 3.05) is 13.1 Å². The van der Waals surface area contributed by atoms with Gasteiger partial charge >= 0.3 is 0 Å². The number of piperidine rings is 1. The topological polar surface area (TPSA) is 56.9 Å². The van der Waals surface area contributed by atoms with E-state index in [1.54, 1.807) is 0 Å². The molecule has 2 heterocycles. The molecule has 0 spiro atoms. The van der Waals surface area contributed by atoms with Crippen molar-refractivity contribution in [2.45, 2.75) is 25.3 Å². The highest BCUT2D eigenvalue weighted by Gasteiger charge is 2.15. The van der Waals surface area contributed by atoms with Crippen LogP contribution >= 0.6 is 0 Å². The first kappa shape index (κ1) is 12.2. The predicted octanol–water partition coefficient (Wildman–Crippen LogP) is 2.04. The van der Waals surface area contributed by atoms with Crippen molar-refractivity contribution < 1.29 is 4.79 Å². The van der Waals surface area contributed by atoms with Crippen molar-refractivity contribution in [1.82, 2.24) is 15.6 Å². The Labute approximate surface area is 112 Å². The third kappa shape index (κ3) is 2.63. The first-order chi connectivity index (χ1) is 9.34. The minimum absolute atomic E-state index is 0.0116. The van der Waals surface area contributed by atoms with Gasteiger partial charge < -0.3 is 15.6 Å². The number of benzene rings is 1. The summed E-state index contributed by atoms with van der Waals surface area (Å²) in [5.41, 5.74) is 1.75. The van der Waals surface area contributed by atoms with E-state index in [0.717, 1.165) is 29.4 Å². The summed E-state index contributed by atoms with van der Waals surface area (Å²) in [5, 5.41) is 7.46. The lowest BCUT2D eigenvalue weighted by Gasteiger charge is -2.23. The van der Waals surface area contributed by atoms with E-state index < -0.39 is 0 Å². The van der Waals surface area contributed by atoms with Gasteiger partial charge in [0.2, 0.25) is 0 Å². The third-order valence-corrected chi connectivity index (χ3v) is 3.76. The van der Waals surface area contributed by atoms with Crippen molar-refractivity contribution in [3.63, 3.8) is 0 Å². The Hall–Kier alpha value is -1.81. The molecule has 100 valence electrons. The van der Waals surface area contributed by atoms with E-state index in [9.17, 15) is 4.79 Å². The average molecular weight is 257 g/mol. The van der Waals surface area contributed by atoms with Gasteiger partial charge in [-0.05, 0) is 37.6 Å². The number of hydrogen-bond acceptors (Lipinski definition) is 2. The van der Waals surface area contributed by atoms with Gasteiger partial charge in [-0.2, -0.15) is 0 Å². The summed E-state index contributed by atoms with van der Waals surface area (Å²) >= 11 is 0. The van der Waals surface area contributed by atoms with Crippen LogP contribution in [0.3, 0.4) is 0 Å².